The minimum atomic E-state index is -0.341. The van der Waals surface area contributed by atoms with Crippen LogP contribution in [0.5, 0.6) is 0 Å². The first-order chi connectivity index (χ1) is 18.8. The topological polar surface area (TPSA) is 41.7 Å². The van der Waals surface area contributed by atoms with Gasteiger partial charge in [-0.25, -0.2) is 9.98 Å². The van der Waals surface area contributed by atoms with Crippen LogP contribution in [0.15, 0.2) is 131 Å². The molecule has 0 saturated carbocycles. The second-order valence-electron chi connectivity index (χ2n) is 9.49. The Morgan fingerprint density at radius 2 is 1.32 bits per heavy atom. The fraction of sp³-hybridized carbons (Fsp3) is 0.0303. The van der Waals surface area contributed by atoms with E-state index >= 15 is 0 Å². The molecule has 2 aromatic heterocycles. The Bertz CT molecular complexity index is 2050. The molecule has 7 aromatic rings. The summed E-state index contributed by atoms with van der Waals surface area (Å²) in [7, 11) is 0. The van der Waals surface area contributed by atoms with Gasteiger partial charge in [0.2, 0.25) is 5.96 Å². The van der Waals surface area contributed by atoms with Gasteiger partial charge >= 0.3 is 0 Å². The first-order valence-electron chi connectivity index (χ1n) is 12.7. The van der Waals surface area contributed by atoms with E-state index in [4.69, 9.17) is 9.98 Å². The summed E-state index contributed by atoms with van der Waals surface area (Å²) in [4.78, 5) is 10.2. The van der Waals surface area contributed by atoms with Gasteiger partial charge in [0.05, 0.1) is 11.0 Å². The van der Waals surface area contributed by atoms with Gasteiger partial charge in [0.25, 0.3) is 0 Å². The van der Waals surface area contributed by atoms with Crippen LogP contribution in [0, 0.1) is 0 Å². The number of benzene rings is 5. The zero-order valence-electron chi connectivity index (χ0n) is 20.4. The summed E-state index contributed by atoms with van der Waals surface area (Å²) in [5, 5.41) is 8.70. The summed E-state index contributed by atoms with van der Waals surface area (Å²) in [5.41, 5.74) is 4.36. The standard InChI is InChI=1S/C33H22N4S/c1-3-11-21(12-4-1)31-34-32(22-13-5-2-6-14-22)36-33(35-31)37-26-17-9-7-16-25(26)29-27(37)20-19-24-23-15-8-10-18-28(23)38-30(24)29/h1-20,31H,(H,34,35,36). The Kier molecular flexibility index (Phi) is 4.72. The molecule has 4 nitrogen and oxygen atoms in total. The highest BCUT2D eigenvalue weighted by Gasteiger charge is 2.24. The van der Waals surface area contributed by atoms with E-state index in [0.29, 0.717) is 0 Å². The molecule has 0 aliphatic carbocycles. The van der Waals surface area contributed by atoms with Gasteiger partial charge < -0.3 is 5.32 Å². The van der Waals surface area contributed by atoms with Crippen LogP contribution in [0.25, 0.3) is 42.0 Å². The summed E-state index contributed by atoms with van der Waals surface area (Å²) in [5.74, 6) is 1.60. The first-order valence-corrected chi connectivity index (χ1v) is 13.5. The van der Waals surface area contributed by atoms with E-state index in [2.05, 4.69) is 94.8 Å². The highest BCUT2D eigenvalue weighted by Crippen LogP contribution is 2.42. The van der Waals surface area contributed by atoms with Crippen LogP contribution in [-0.4, -0.2) is 16.4 Å². The number of nitrogens with one attached hydrogen (secondary N) is 1. The predicted octanol–water partition coefficient (Wildman–Crippen LogP) is 8.12. The van der Waals surface area contributed by atoms with Gasteiger partial charge in [-0.1, -0.05) is 103 Å². The van der Waals surface area contributed by atoms with Crippen LogP contribution in [0.2, 0.25) is 0 Å². The van der Waals surface area contributed by atoms with Gasteiger partial charge in [0.1, 0.15) is 5.84 Å². The van der Waals surface area contributed by atoms with Crippen molar-refractivity contribution in [3.63, 3.8) is 0 Å². The molecular formula is C33H22N4S. The van der Waals surface area contributed by atoms with Crippen molar-refractivity contribution >= 4 is 65.1 Å². The summed E-state index contributed by atoms with van der Waals surface area (Å²) in [6, 6.07) is 42.4. The van der Waals surface area contributed by atoms with E-state index in [1.165, 1.54) is 30.9 Å². The second kappa shape index (κ2) is 8.40. The van der Waals surface area contributed by atoms with Crippen molar-refractivity contribution in [1.82, 2.24) is 9.88 Å². The summed E-state index contributed by atoms with van der Waals surface area (Å²) < 4.78 is 4.89. The van der Waals surface area contributed by atoms with Crippen LogP contribution in [-0.2, 0) is 0 Å². The van der Waals surface area contributed by atoms with E-state index in [0.717, 1.165) is 34.0 Å². The number of hydrogen-bond donors (Lipinski definition) is 1. The number of amidine groups is 1. The van der Waals surface area contributed by atoms with E-state index < -0.39 is 0 Å². The molecule has 5 heteroatoms. The number of thiophene rings is 1. The number of rotatable bonds is 2. The largest absolute Gasteiger partial charge is 0.310 e. The molecule has 5 aromatic carbocycles. The number of aromatic nitrogens is 1. The number of fused-ring (bicyclic) bond motifs is 7. The van der Waals surface area contributed by atoms with Crippen molar-refractivity contribution < 1.29 is 0 Å². The first kappa shape index (κ1) is 21.4. The fourth-order valence-electron chi connectivity index (χ4n) is 5.53. The molecule has 0 bridgehead atoms. The maximum Gasteiger partial charge on any atom is 0.211 e. The Morgan fingerprint density at radius 1 is 0.605 bits per heavy atom. The zero-order chi connectivity index (χ0) is 25.1. The van der Waals surface area contributed by atoms with Crippen molar-refractivity contribution in [2.24, 2.45) is 9.98 Å². The number of aliphatic imine (C=N–C) groups is 2. The van der Waals surface area contributed by atoms with Gasteiger partial charge in [0.15, 0.2) is 6.17 Å². The lowest BCUT2D eigenvalue weighted by Crippen LogP contribution is -2.39. The zero-order valence-corrected chi connectivity index (χ0v) is 21.2. The Hall–Kier alpha value is -4.74. The third kappa shape index (κ3) is 3.22. The van der Waals surface area contributed by atoms with Crippen molar-refractivity contribution in [2.45, 2.75) is 6.17 Å². The SMILES string of the molecule is c1ccc(C2=NC(c3ccccc3)N=C(n3c4ccccc4c4c5sc6ccccc6c5ccc43)N2)cc1. The molecule has 0 saturated heterocycles. The van der Waals surface area contributed by atoms with Crippen LogP contribution in [0.1, 0.15) is 17.3 Å². The molecule has 0 radical (unpaired) electrons. The monoisotopic (exact) mass is 506 g/mol. The quantitative estimate of drug-likeness (QED) is 0.253. The molecule has 180 valence electrons. The summed E-state index contributed by atoms with van der Waals surface area (Å²) in [6.45, 7) is 0. The molecule has 1 unspecified atom stereocenters. The van der Waals surface area contributed by atoms with E-state index in [-0.39, 0.29) is 6.17 Å². The van der Waals surface area contributed by atoms with E-state index in [1.807, 2.05) is 47.7 Å². The van der Waals surface area contributed by atoms with Crippen LogP contribution < -0.4 is 5.32 Å². The molecule has 0 spiro atoms. The molecule has 1 atom stereocenters. The Morgan fingerprint density at radius 3 is 2.16 bits per heavy atom. The lowest BCUT2D eigenvalue weighted by molar-refractivity contribution is 0.745. The van der Waals surface area contributed by atoms with Crippen LogP contribution in [0.3, 0.4) is 0 Å². The van der Waals surface area contributed by atoms with Crippen molar-refractivity contribution in [3.8, 4) is 0 Å². The van der Waals surface area contributed by atoms with Gasteiger partial charge in [-0.2, -0.15) is 0 Å². The van der Waals surface area contributed by atoms with Crippen molar-refractivity contribution in [3.05, 3.63) is 132 Å². The molecule has 0 fully saturated rings. The fourth-order valence-corrected chi connectivity index (χ4v) is 6.79. The van der Waals surface area contributed by atoms with Gasteiger partial charge in [-0.05, 0) is 23.8 Å². The molecule has 3 heterocycles. The molecule has 1 aliphatic heterocycles. The highest BCUT2D eigenvalue weighted by atomic mass is 32.1. The third-order valence-corrected chi connectivity index (χ3v) is 8.47. The van der Waals surface area contributed by atoms with Crippen molar-refractivity contribution in [2.75, 3.05) is 0 Å². The Labute approximate surface area is 223 Å². The lowest BCUT2D eigenvalue weighted by atomic mass is 10.1. The normalized spacial score (nSPS) is 15.6. The molecule has 1 aliphatic rings. The summed E-state index contributed by atoms with van der Waals surface area (Å²) in [6.07, 6.45) is -0.341. The number of para-hydroxylation sites is 1. The maximum atomic E-state index is 5.18. The molecule has 8 rings (SSSR count). The van der Waals surface area contributed by atoms with Gasteiger partial charge in [0, 0.05) is 36.5 Å². The molecule has 0 amide bonds. The highest BCUT2D eigenvalue weighted by molar-refractivity contribution is 7.26. The number of hydrogen-bond acceptors (Lipinski definition) is 4. The average Bonchev–Trinajstić information content (AvgIpc) is 3.53. The lowest BCUT2D eigenvalue weighted by Gasteiger charge is -2.23. The second-order valence-corrected chi connectivity index (χ2v) is 10.5. The predicted molar refractivity (Wildman–Crippen MR) is 160 cm³/mol. The van der Waals surface area contributed by atoms with Gasteiger partial charge in [-0.3, -0.25) is 4.57 Å². The number of nitrogens with zero attached hydrogens (tertiary/aromatic N) is 3. The minimum Gasteiger partial charge on any atom is -0.310 e. The minimum absolute atomic E-state index is 0.341. The van der Waals surface area contributed by atoms with E-state index in [9.17, 15) is 0 Å². The smallest absolute Gasteiger partial charge is 0.211 e. The van der Waals surface area contributed by atoms with Crippen LogP contribution in [0.4, 0.5) is 0 Å². The van der Waals surface area contributed by atoms with Crippen LogP contribution >= 0.6 is 11.3 Å². The summed E-state index contributed by atoms with van der Waals surface area (Å²) >= 11 is 1.86. The molecular weight excluding hydrogens is 484 g/mol. The van der Waals surface area contributed by atoms with Gasteiger partial charge in [-0.15, -0.1) is 11.3 Å². The van der Waals surface area contributed by atoms with Crippen molar-refractivity contribution in [1.29, 1.82) is 0 Å². The Balaban J connectivity index is 1.41. The maximum absolute atomic E-state index is 5.18. The third-order valence-electron chi connectivity index (χ3n) is 7.26. The average molecular weight is 507 g/mol. The van der Waals surface area contributed by atoms with E-state index in [1.54, 1.807) is 0 Å². The molecule has 1 N–H and O–H groups in total. The molecule has 38 heavy (non-hydrogen) atoms.